The second-order valence-electron chi connectivity index (χ2n) is 7.09. The number of sulfonamides is 1. The van der Waals surface area contributed by atoms with E-state index in [1.54, 1.807) is 19.2 Å². The second kappa shape index (κ2) is 9.83. The third-order valence-corrected chi connectivity index (χ3v) is 8.03. The summed E-state index contributed by atoms with van der Waals surface area (Å²) in [4.78, 5) is 1.55. The van der Waals surface area contributed by atoms with Crippen LogP contribution in [0.25, 0.3) is 21.6 Å². The summed E-state index contributed by atoms with van der Waals surface area (Å²) in [5.74, 6) is 0.111. The zero-order valence-corrected chi connectivity index (χ0v) is 20.5. The Labute approximate surface area is 205 Å². The number of rotatable bonds is 7. The molecule has 0 saturated carbocycles. The lowest BCUT2D eigenvalue weighted by atomic mass is 10.0. The third kappa shape index (κ3) is 5.39. The number of ether oxygens (including phenoxy) is 1. The number of benzene rings is 3. The van der Waals surface area contributed by atoms with Crippen molar-refractivity contribution in [3.05, 3.63) is 93.5 Å². The van der Waals surface area contributed by atoms with Crippen molar-refractivity contribution in [3.8, 4) is 27.3 Å². The highest BCUT2D eigenvalue weighted by atomic mass is 35.5. The van der Waals surface area contributed by atoms with Crippen LogP contribution in [0.3, 0.4) is 0 Å². The summed E-state index contributed by atoms with van der Waals surface area (Å²) in [6.07, 6.45) is 0. The van der Waals surface area contributed by atoms with E-state index < -0.39 is 15.8 Å². The van der Waals surface area contributed by atoms with Gasteiger partial charge in [-0.3, -0.25) is 0 Å². The Morgan fingerprint density at radius 2 is 1.73 bits per heavy atom. The van der Waals surface area contributed by atoms with Gasteiger partial charge in [0.1, 0.15) is 11.6 Å². The highest BCUT2D eigenvalue weighted by Crippen LogP contribution is 2.43. The first-order valence-electron chi connectivity index (χ1n) is 9.74. The van der Waals surface area contributed by atoms with Crippen LogP contribution in [0.4, 0.5) is 4.39 Å². The van der Waals surface area contributed by atoms with Crippen molar-refractivity contribution >= 4 is 44.6 Å². The topological polar surface area (TPSA) is 55.4 Å². The molecular formula is C24H18Cl2FNO3S2. The molecular weight excluding hydrogens is 504 g/mol. The monoisotopic (exact) mass is 521 g/mol. The van der Waals surface area contributed by atoms with Gasteiger partial charge in [-0.1, -0.05) is 35.3 Å². The van der Waals surface area contributed by atoms with E-state index in [1.807, 2.05) is 36.4 Å². The van der Waals surface area contributed by atoms with E-state index in [-0.39, 0.29) is 11.4 Å². The van der Waals surface area contributed by atoms with E-state index in [2.05, 4.69) is 4.72 Å². The molecule has 4 rings (SSSR count). The quantitative estimate of drug-likeness (QED) is 0.284. The predicted molar refractivity (Wildman–Crippen MR) is 132 cm³/mol. The summed E-state index contributed by atoms with van der Waals surface area (Å²) in [5, 5.41) is 1.01. The van der Waals surface area contributed by atoms with Crippen molar-refractivity contribution in [3.63, 3.8) is 0 Å². The molecule has 4 nitrogen and oxygen atoms in total. The maximum Gasteiger partial charge on any atom is 0.240 e. The van der Waals surface area contributed by atoms with Gasteiger partial charge in [0.25, 0.3) is 0 Å². The SMILES string of the molecule is COc1ccc(-c2sc(CNS(=O)(=O)c3cccc(F)c3)cc2-c2ccc(Cl)cc2Cl)cc1. The first-order valence-corrected chi connectivity index (χ1v) is 12.8. The highest BCUT2D eigenvalue weighted by molar-refractivity contribution is 7.89. The van der Waals surface area contributed by atoms with Gasteiger partial charge in [-0.25, -0.2) is 17.5 Å². The molecule has 0 radical (unpaired) electrons. The molecule has 0 unspecified atom stereocenters. The molecule has 1 N–H and O–H groups in total. The van der Waals surface area contributed by atoms with Gasteiger partial charge in [0.05, 0.1) is 12.0 Å². The average molecular weight is 522 g/mol. The Hall–Kier alpha value is -2.42. The van der Waals surface area contributed by atoms with Crippen molar-refractivity contribution < 1.29 is 17.5 Å². The molecule has 1 aromatic heterocycles. The second-order valence-corrected chi connectivity index (χ2v) is 10.8. The maximum absolute atomic E-state index is 13.5. The molecule has 3 aromatic carbocycles. The number of hydrogen-bond donors (Lipinski definition) is 1. The van der Waals surface area contributed by atoms with Gasteiger partial charge in [-0.2, -0.15) is 0 Å². The number of halogens is 3. The maximum atomic E-state index is 13.5. The summed E-state index contributed by atoms with van der Waals surface area (Å²) in [7, 11) is -2.28. The molecule has 1 heterocycles. The molecule has 0 aliphatic rings. The standard InChI is InChI=1S/C24H18Cl2FNO3S2/c1-31-18-8-5-15(6-9-18)24-22(21-10-7-16(25)11-23(21)26)13-19(32-24)14-28-33(29,30)20-4-2-3-17(27)12-20/h2-13,28H,14H2,1H3. The van der Waals surface area contributed by atoms with Crippen LogP contribution in [0.5, 0.6) is 5.75 Å². The molecule has 170 valence electrons. The van der Waals surface area contributed by atoms with Gasteiger partial charge < -0.3 is 4.74 Å². The summed E-state index contributed by atoms with van der Waals surface area (Å²) in [6, 6.07) is 19.6. The Kier molecular flexibility index (Phi) is 7.07. The van der Waals surface area contributed by atoms with Crippen LogP contribution in [0.1, 0.15) is 4.88 Å². The van der Waals surface area contributed by atoms with Crippen LogP contribution in [-0.2, 0) is 16.6 Å². The van der Waals surface area contributed by atoms with E-state index >= 15 is 0 Å². The fourth-order valence-electron chi connectivity index (χ4n) is 3.28. The minimum absolute atomic E-state index is 0.0396. The normalized spacial score (nSPS) is 11.5. The van der Waals surface area contributed by atoms with Gasteiger partial charge in [0.15, 0.2) is 0 Å². The molecule has 33 heavy (non-hydrogen) atoms. The Bertz CT molecular complexity index is 1400. The largest absolute Gasteiger partial charge is 0.497 e. The minimum Gasteiger partial charge on any atom is -0.497 e. The Morgan fingerprint density at radius 1 is 0.970 bits per heavy atom. The van der Waals surface area contributed by atoms with Gasteiger partial charge in [-0.15, -0.1) is 11.3 Å². The fourth-order valence-corrected chi connectivity index (χ4v) is 6.03. The smallest absolute Gasteiger partial charge is 0.240 e. The van der Waals surface area contributed by atoms with Crippen LogP contribution >= 0.6 is 34.5 Å². The molecule has 0 aliphatic carbocycles. The predicted octanol–water partition coefficient (Wildman–Crippen LogP) is 7.02. The molecule has 0 fully saturated rings. The molecule has 0 aliphatic heterocycles. The number of nitrogens with one attached hydrogen (secondary N) is 1. The van der Waals surface area contributed by atoms with E-state index in [9.17, 15) is 12.8 Å². The number of hydrogen-bond acceptors (Lipinski definition) is 4. The van der Waals surface area contributed by atoms with Crippen molar-refractivity contribution in [1.29, 1.82) is 0 Å². The van der Waals surface area contributed by atoms with E-state index in [4.69, 9.17) is 27.9 Å². The molecule has 0 amide bonds. The Morgan fingerprint density at radius 3 is 2.39 bits per heavy atom. The molecule has 0 spiro atoms. The lowest BCUT2D eigenvalue weighted by Gasteiger charge is -2.08. The molecule has 4 aromatic rings. The van der Waals surface area contributed by atoms with E-state index in [1.165, 1.54) is 29.5 Å². The molecule has 0 atom stereocenters. The first-order chi connectivity index (χ1) is 15.8. The van der Waals surface area contributed by atoms with Gasteiger partial charge >= 0.3 is 0 Å². The summed E-state index contributed by atoms with van der Waals surface area (Å²) >= 11 is 14.0. The first kappa shape index (κ1) is 23.7. The molecule has 0 bridgehead atoms. The van der Waals surface area contributed by atoms with Gasteiger partial charge in [0.2, 0.25) is 10.0 Å². The minimum atomic E-state index is -3.88. The molecule has 0 saturated heterocycles. The van der Waals surface area contributed by atoms with Gasteiger partial charge in [-0.05, 0) is 66.2 Å². The Balaban J connectivity index is 1.71. The average Bonchev–Trinajstić information content (AvgIpc) is 3.22. The molecule has 9 heteroatoms. The van der Waals surface area contributed by atoms with E-state index in [0.717, 1.165) is 38.3 Å². The number of methoxy groups -OCH3 is 1. The van der Waals surface area contributed by atoms with Crippen LogP contribution in [0.15, 0.2) is 77.7 Å². The summed E-state index contributed by atoms with van der Waals surface area (Å²) in [5.41, 5.74) is 2.57. The van der Waals surface area contributed by atoms with Crippen LogP contribution in [-0.4, -0.2) is 15.5 Å². The van der Waals surface area contributed by atoms with Crippen LogP contribution in [0.2, 0.25) is 10.0 Å². The van der Waals surface area contributed by atoms with Crippen molar-refractivity contribution in [2.45, 2.75) is 11.4 Å². The fraction of sp³-hybridized carbons (Fsp3) is 0.0833. The zero-order valence-electron chi connectivity index (χ0n) is 17.3. The van der Waals surface area contributed by atoms with Gasteiger partial charge in [0, 0.05) is 37.5 Å². The lowest BCUT2D eigenvalue weighted by Crippen LogP contribution is -2.22. The van der Waals surface area contributed by atoms with Crippen LogP contribution in [0, 0.1) is 5.82 Å². The lowest BCUT2D eigenvalue weighted by molar-refractivity contribution is 0.415. The van der Waals surface area contributed by atoms with Crippen molar-refractivity contribution in [2.24, 2.45) is 0 Å². The van der Waals surface area contributed by atoms with Crippen molar-refractivity contribution in [1.82, 2.24) is 4.72 Å². The third-order valence-electron chi connectivity index (χ3n) is 4.90. The number of thiophene rings is 1. The highest BCUT2D eigenvalue weighted by Gasteiger charge is 2.19. The zero-order chi connectivity index (χ0) is 23.6. The van der Waals surface area contributed by atoms with E-state index in [0.29, 0.717) is 10.0 Å². The summed E-state index contributed by atoms with van der Waals surface area (Å²) < 4.78 is 46.5. The van der Waals surface area contributed by atoms with Crippen molar-refractivity contribution in [2.75, 3.05) is 7.11 Å². The summed E-state index contributed by atoms with van der Waals surface area (Å²) in [6.45, 7) is 0.0396. The van der Waals surface area contributed by atoms with Crippen LogP contribution < -0.4 is 9.46 Å².